The Morgan fingerprint density at radius 3 is 2.64 bits per heavy atom. The van der Waals surface area contributed by atoms with Gasteiger partial charge in [-0.1, -0.05) is 0 Å². The van der Waals surface area contributed by atoms with Crippen molar-refractivity contribution in [3.63, 3.8) is 0 Å². The fourth-order valence-electron chi connectivity index (χ4n) is 3.49. The first kappa shape index (κ1) is 15.0. The SMILES string of the molecule is O=c1ccc(C2CC2)nn1C1COCC1Nc1nccnc1C1CC1. The minimum Gasteiger partial charge on any atom is -0.377 e. The highest BCUT2D eigenvalue weighted by Crippen LogP contribution is 2.42. The Morgan fingerprint density at radius 2 is 1.84 bits per heavy atom. The predicted octanol–water partition coefficient (Wildman–Crippen LogP) is 1.84. The van der Waals surface area contributed by atoms with Gasteiger partial charge in [0.05, 0.1) is 30.6 Å². The van der Waals surface area contributed by atoms with Gasteiger partial charge in [-0.2, -0.15) is 5.10 Å². The maximum Gasteiger partial charge on any atom is 0.267 e. The van der Waals surface area contributed by atoms with Crippen LogP contribution in [0.1, 0.15) is 54.9 Å². The van der Waals surface area contributed by atoms with E-state index in [0.29, 0.717) is 25.0 Å². The normalized spacial score (nSPS) is 25.9. The zero-order valence-corrected chi connectivity index (χ0v) is 14.0. The first-order valence-corrected chi connectivity index (χ1v) is 9.04. The second-order valence-corrected chi connectivity index (χ2v) is 7.24. The summed E-state index contributed by atoms with van der Waals surface area (Å²) in [4.78, 5) is 21.3. The molecule has 0 radical (unpaired) electrons. The molecule has 25 heavy (non-hydrogen) atoms. The van der Waals surface area contributed by atoms with Crippen molar-refractivity contribution in [2.24, 2.45) is 0 Å². The van der Waals surface area contributed by atoms with E-state index in [9.17, 15) is 4.79 Å². The number of nitrogens with zero attached hydrogens (tertiary/aromatic N) is 4. The van der Waals surface area contributed by atoms with E-state index in [1.807, 2.05) is 6.07 Å². The zero-order chi connectivity index (χ0) is 16.8. The van der Waals surface area contributed by atoms with Crippen LogP contribution < -0.4 is 10.9 Å². The van der Waals surface area contributed by atoms with Crippen molar-refractivity contribution in [2.45, 2.75) is 49.6 Å². The molecule has 2 aliphatic carbocycles. The van der Waals surface area contributed by atoms with Gasteiger partial charge in [0.25, 0.3) is 5.56 Å². The minimum atomic E-state index is -0.125. The molecule has 0 bridgehead atoms. The third-order valence-corrected chi connectivity index (χ3v) is 5.22. The summed E-state index contributed by atoms with van der Waals surface area (Å²) in [6.45, 7) is 1.02. The second-order valence-electron chi connectivity index (χ2n) is 7.24. The number of rotatable bonds is 5. The number of anilines is 1. The second kappa shape index (κ2) is 5.91. The summed E-state index contributed by atoms with van der Waals surface area (Å²) >= 11 is 0. The molecule has 1 aliphatic heterocycles. The summed E-state index contributed by atoms with van der Waals surface area (Å²) in [7, 11) is 0. The van der Waals surface area contributed by atoms with Crippen molar-refractivity contribution >= 4 is 5.82 Å². The lowest BCUT2D eigenvalue weighted by atomic mass is 10.1. The molecule has 2 unspecified atom stereocenters. The lowest BCUT2D eigenvalue weighted by Crippen LogP contribution is -2.37. The van der Waals surface area contributed by atoms with Gasteiger partial charge in [0.1, 0.15) is 11.9 Å². The quantitative estimate of drug-likeness (QED) is 0.895. The van der Waals surface area contributed by atoms with Crippen LogP contribution in [0.2, 0.25) is 0 Å². The molecule has 1 saturated heterocycles. The zero-order valence-electron chi connectivity index (χ0n) is 14.0. The molecule has 3 fully saturated rings. The minimum absolute atomic E-state index is 0.0335. The third-order valence-electron chi connectivity index (χ3n) is 5.22. The van der Waals surface area contributed by atoms with Gasteiger partial charge in [-0.05, 0) is 31.7 Å². The molecule has 7 nitrogen and oxygen atoms in total. The molecule has 7 heteroatoms. The first-order chi connectivity index (χ1) is 12.3. The Morgan fingerprint density at radius 1 is 1.04 bits per heavy atom. The number of aromatic nitrogens is 4. The smallest absolute Gasteiger partial charge is 0.267 e. The van der Waals surface area contributed by atoms with Gasteiger partial charge in [-0.3, -0.25) is 9.78 Å². The Balaban J connectivity index is 1.43. The highest BCUT2D eigenvalue weighted by Gasteiger charge is 2.35. The largest absolute Gasteiger partial charge is 0.377 e. The average Bonchev–Trinajstić information content (AvgIpc) is 3.54. The van der Waals surface area contributed by atoms with E-state index in [-0.39, 0.29) is 17.6 Å². The van der Waals surface area contributed by atoms with Crippen LogP contribution in [0.5, 0.6) is 0 Å². The van der Waals surface area contributed by atoms with E-state index in [0.717, 1.165) is 17.2 Å². The van der Waals surface area contributed by atoms with Gasteiger partial charge in [-0.15, -0.1) is 0 Å². The summed E-state index contributed by atoms with van der Waals surface area (Å²) in [6.07, 6.45) is 8.12. The van der Waals surface area contributed by atoms with Crippen LogP contribution in [0.15, 0.2) is 29.3 Å². The molecular formula is C18H21N5O2. The maximum atomic E-state index is 12.4. The molecule has 5 rings (SSSR count). The van der Waals surface area contributed by atoms with Crippen molar-refractivity contribution < 1.29 is 4.74 Å². The summed E-state index contributed by atoms with van der Waals surface area (Å²) in [6, 6.07) is 3.34. The molecule has 130 valence electrons. The molecule has 2 aromatic rings. The fraction of sp³-hybridized carbons (Fsp3) is 0.556. The fourth-order valence-corrected chi connectivity index (χ4v) is 3.49. The van der Waals surface area contributed by atoms with Gasteiger partial charge in [0.2, 0.25) is 0 Å². The molecule has 1 N–H and O–H groups in total. The molecule has 0 spiro atoms. The van der Waals surface area contributed by atoms with Gasteiger partial charge >= 0.3 is 0 Å². The standard InChI is InChI=1S/C18H21N5O2/c24-16-6-5-13(11-1-2-11)22-23(16)15-10-25-9-14(15)21-18-17(12-3-4-12)19-7-8-20-18/h5-8,11-12,14-15H,1-4,9-10H2,(H,20,21). The number of ether oxygens (including phenoxy) is 1. The first-order valence-electron chi connectivity index (χ1n) is 9.04. The van der Waals surface area contributed by atoms with E-state index < -0.39 is 0 Å². The topological polar surface area (TPSA) is 81.9 Å². The molecule has 2 aromatic heterocycles. The van der Waals surface area contributed by atoms with Crippen molar-refractivity contribution in [1.82, 2.24) is 19.7 Å². The third kappa shape index (κ3) is 2.93. The lowest BCUT2D eigenvalue weighted by molar-refractivity contribution is 0.182. The monoisotopic (exact) mass is 339 g/mol. The Hall–Kier alpha value is -2.28. The Labute approximate surface area is 145 Å². The van der Waals surface area contributed by atoms with Crippen LogP contribution in [0.3, 0.4) is 0 Å². The van der Waals surface area contributed by atoms with Crippen LogP contribution in [0.4, 0.5) is 5.82 Å². The number of hydrogen-bond donors (Lipinski definition) is 1. The molecule has 0 amide bonds. The number of nitrogens with one attached hydrogen (secondary N) is 1. The van der Waals surface area contributed by atoms with Crippen LogP contribution in [0, 0.1) is 0 Å². The van der Waals surface area contributed by atoms with Crippen LogP contribution in [-0.2, 0) is 4.74 Å². The van der Waals surface area contributed by atoms with Crippen molar-refractivity contribution in [2.75, 3.05) is 18.5 Å². The molecule has 3 heterocycles. The van der Waals surface area contributed by atoms with Gasteiger partial charge < -0.3 is 10.1 Å². The summed E-state index contributed by atoms with van der Waals surface area (Å²) in [5, 5.41) is 8.10. The predicted molar refractivity (Wildman–Crippen MR) is 91.7 cm³/mol. The Kier molecular flexibility index (Phi) is 3.55. The Bertz CT molecular complexity index is 843. The highest BCUT2D eigenvalue weighted by molar-refractivity contribution is 5.44. The number of hydrogen-bond acceptors (Lipinski definition) is 6. The average molecular weight is 339 g/mol. The molecule has 2 saturated carbocycles. The summed E-state index contributed by atoms with van der Waals surface area (Å²) < 4.78 is 7.28. The van der Waals surface area contributed by atoms with Gasteiger partial charge in [-0.25, -0.2) is 9.67 Å². The van der Waals surface area contributed by atoms with Crippen molar-refractivity contribution in [3.05, 3.63) is 46.3 Å². The molecule has 2 atom stereocenters. The van der Waals surface area contributed by atoms with E-state index in [4.69, 9.17) is 4.74 Å². The molecule has 0 aromatic carbocycles. The molecule has 3 aliphatic rings. The van der Waals surface area contributed by atoms with Gasteiger partial charge in [0.15, 0.2) is 0 Å². The van der Waals surface area contributed by atoms with E-state index in [1.165, 1.54) is 25.7 Å². The highest BCUT2D eigenvalue weighted by atomic mass is 16.5. The van der Waals surface area contributed by atoms with Crippen LogP contribution in [0.25, 0.3) is 0 Å². The van der Waals surface area contributed by atoms with E-state index >= 15 is 0 Å². The van der Waals surface area contributed by atoms with Crippen LogP contribution >= 0.6 is 0 Å². The summed E-state index contributed by atoms with van der Waals surface area (Å²) in [5.41, 5.74) is 1.97. The van der Waals surface area contributed by atoms with Crippen molar-refractivity contribution in [3.8, 4) is 0 Å². The molecular weight excluding hydrogens is 318 g/mol. The lowest BCUT2D eigenvalue weighted by Gasteiger charge is -2.22. The maximum absolute atomic E-state index is 12.4. The van der Waals surface area contributed by atoms with Crippen LogP contribution in [-0.4, -0.2) is 39.0 Å². The summed E-state index contributed by atoms with van der Waals surface area (Å²) in [5.74, 6) is 1.84. The van der Waals surface area contributed by atoms with E-state index in [2.05, 4.69) is 20.4 Å². The van der Waals surface area contributed by atoms with Crippen molar-refractivity contribution in [1.29, 1.82) is 0 Å². The van der Waals surface area contributed by atoms with Gasteiger partial charge in [0, 0.05) is 30.3 Å². The van der Waals surface area contributed by atoms with E-state index in [1.54, 1.807) is 23.1 Å².